The zero-order valence-electron chi connectivity index (χ0n) is 14.2. The minimum absolute atomic E-state index is 0.0493. The molecule has 0 aliphatic rings. The summed E-state index contributed by atoms with van der Waals surface area (Å²) in [6.07, 6.45) is 3.10. The van der Waals surface area contributed by atoms with Crippen molar-refractivity contribution in [2.24, 2.45) is 0 Å². The fourth-order valence-electron chi connectivity index (χ4n) is 2.12. The lowest BCUT2D eigenvalue weighted by atomic mass is 10.1. The molecule has 0 fully saturated rings. The molecule has 0 spiro atoms. The minimum Gasteiger partial charge on any atom is -0.493 e. The van der Waals surface area contributed by atoms with Crippen LogP contribution >= 0.6 is 11.6 Å². The Morgan fingerprint density at radius 2 is 2.12 bits per heavy atom. The van der Waals surface area contributed by atoms with Gasteiger partial charge in [0, 0.05) is 10.7 Å². The summed E-state index contributed by atoms with van der Waals surface area (Å²) in [5.74, 6) is 0.514. The van der Waals surface area contributed by atoms with E-state index in [-0.39, 0.29) is 5.57 Å². The summed E-state index contributed by atoms with van der Waals surface area (Å²) >= 11 is 5.89. The first-order chi connectivity index (χ1) is 12.6. The van der Waals surface area contributed by atoms with E-state index in [9.17, 15) is 10.1 Å². The van der Waals surface area contributed by atoms with Gasteiger partial charge in [-0.15, -0.1) is 0 Å². The average molecular weight is 369 g/mol. The fraction of sp³-hybridized carbons (Fsp3) is 0.100. The van der Waals surface area contributed by atoms with E-state index in [1.54, 1.807) is 48.5 Å². The Balaban J connectivity index is 2.23. The normalized spacial score (nSPS) is 10.6. The van der Waals surface area contributed by atoms with E-state index in [2.05, 4.69) is 11.9 Å². The molecule has 26 heavy (non-hydrogen) atoms. The third-order valence-corrected chi connectivity index (χ3v) is 3.54. The average Bonchev–Trinajstić information content (AvgIpc) is 2.64. The first-order valence-corrected chi connectivity index (χ1v) is 8.05. The summed E-state index contributed by atoms with van der Waals surface area (Å²) in [4.78, 5) is 12.3. The van der Waals surface area contributed by atoms with Crippen LogP contribution in [0.15, 0.2) is 60.7 Å². The third-order valence-electron chi connectivity index (χ3n) is 3.30. The number of halogens is 1. The molecule has 0 heterocycles. The van der Waals surface area contributed by atoms with Crippen LogP contribution in [0.25, 0.3) is 6.08 Å². The molecule has 0 atom stereocenters. The quantitative estimate of drug-likeness (QED) is 0.445. The summed E-state index contributed by atoms with van der Waals surface area (Å²) in [5.41, 5.74) is 1.09. The monoisotopic (exact) mass is 368 g/mol. The number of nitriles is 1. The maximum Gasteiger partial charge on any atom is 0.266 e. The molecule has 0 unspecified atom stereocenters. The van der Waals surface area contributed by atoms with Crippen LogP contribution in [0, 0.1) is 11.3 Å². The van der Waals surface area contributed by atoms with E-state index in [1.165, 1.54) is 13.2 Å². The number of nitrogens with zero attached hydrogens (tertiary/aromatic N) is 1. The summed E-state index contributed by atoms with van der Waals surface area (Å²) in [6, 6.07) is 13.7. The molecule has 1 amide bonds. The first-order valence-electron chi connectivity index (χ1n) is 7.68. The van der Waals surface area contributed by atoms with Crippen LogP contribution in [0.4, 0.5) is 5.69 Å². The lowest BCUT2D eigenvalue weighted by molar-refractivity contribution is -0.112. The van der Waals surface area contributed by atoms with Gasteiger partial charge >= 0.3 is 0 Å². The Labute approximate surface area is 157 Å². The molecule has 0 saturated heterocycles. The molecule has 2 aromatic rings. The van der Waals surface area contributed by atoms with E-state index < -0.39 is 5.91 Å². The van der Waals surface area contributed by atoms with Crippen LogP contribution in [0.5, 0.6) is 11.5 Å². The van der Waals surface area contributed by atoms with Gasteiger partial charge < -0.3 is 14.8 Å². The number of amides is 1. The van der Waals surface area contributed by atoms with Crippen molar-refractivity contribution in [1.29, 1.82) is 5.26 Å². The molecule has 2 rings (SSSR count). The van der Waals surface area contributed by atoms with E-state index >= 15 is 0 Å². The zero-order valence-corrected chi connectivity index (χ0v) is 14.9. The first kappa shape index (κ1) is 19.1. The molecule has 0 aliphatic heterocycles. The largest absolute Gasteiger partial charge is 0.493 e. The maximum atomic E-state index is 12.3. The predicted octanol–water partition coefficient (Wildman–Crippen LogP) is 4.46. The second-order valence-electron chi connectivity index (χ2n) is 5.14. The van der Waals surface area contributed by atoms with Gasteiger partial charge in [-0.1, -0.05) is 36.4 Å². The highest BCUT2D eigenvalue weighted by Crippen LogP contribution is 2.29. The number of carbonyl (C=O) groups is 1. The van der Waals surface area contributed by atoms with Crippen molar-refractivity contribution >= 4 is 29.3 Å². The number of hydrogen-bond donors (Lipinski definition) is 1. The Bertz CT molecular complexity index is 885. The molecular weight excluding hydrogens is 352 g/mol. The van der Waals surface area contributed by atoms with E-state index in [1.807, 2.05) is 6.07 Å². The second-order valence-corrected chi connectivity index (χ2v) is 5.58. The molecule has 0 radical (unpaired) electrons. The van der Waals surface area contributed by atoms with Crippen molar-refractivity contribution in [2.75, 3.05) is 19.0 Å². The number of nitrogens with one attached hydrogen (secondary N) is 1. The van der Waals surface area contributed by atoms with Gasteiger partial charge in [0.05, 0.1) is 7.11 Å². The Morgan fingerprint density at radius 3 is 2.77 bits per heavy atom. The Hall–Kier alpha value is -3.23. The highest BCUT2D eigenvalue weighted by Gasteiger charge is 2.11. The summed E-state index contributed by atoms with van der Waals surface area (Å²) in [6.45, 7) is 3.94. The number of methoxy groups -OCH3 is 1. The Morgan fingerprint density at radius 1 is 1.31 bits per heavy atom. The van der Waals surface area contributed by atoms with Crippen molar-refractivity contribution in [3.63, 3.8) is 0 Å². The van der Waals surface area contributed by atoms with Crippen LogP contribution in [-0.4, -0.2) is 19.6 Å². The minimum atomic E-state index is -0.527. The predicted molar refractivity (Wildman–Crippen MR) is 102 cm³/mol. The standard InChI is InChI=1S/C20H17ClN2O3/c1-3-9-26-18-8-7-14(11-19(18)25-2)10-15(13-22)20(24)23-17-6-4-5-16(21)12-17/h3-8,10-12H,1,9H2,2H3,(H,23,24). The highest BCUT2D eigenvalue weighted by atomic mass is 35.5. The lowest BCUT2D eigenvalue weighted by Gasteiger charge is -2.10. The van der Waals surface area contributed by atoms with Gasteiger partial charge in [0.25, 0.3) is 5.91 Å². The molecule has 132 valence electrons. The van der Waals surface area contributed by atoms with E-state index in [4.69, 9.17) is 21.1 Å². The van der Waals surface area contributed by atoms with Crippen molar-refractivity contribution in [3.05, 3.63) is 71.3 Å². The van der Waals surface area contributed by atoms with Crippen molar-refractivity contribution in [2.45, 2.75) is 0 Å². The SMILES string of the molecule is C=CCOc1ccc(C=C(C#N)C(=O)Nc2cccc(Cl)c2)cc1OC. The number of rotatable bonds is 7. The van der Waals surface area contributed by atoms with Crippen molar-refractivity contribution < 1.29 is 14.3 Å². The summed E-state index contributed by atoms with van der Waals surface area (Å²) in [5, 5.41) is 12.4. The third kappa shape index (κ3) is 5.13. The molecule has 0 bridgehead atoms. The fourth-order valence-corrected chi connectivity index (χ4v) is 2.31. The van der Waals surface area contributed by atoms with E-state index in [0.29, 0.717) is 34.4 Å². The van der Waals surface area contributed by atoms with Gasteiger partial charge in [0.2, 0.25) is 0 Å². The zero-order chi connectivity index (χ0) is 18.9. The molecule has 0 aromatic heterocycles. The van der Waals surface area contributed by atoms with Crippen molar-refractivity contribution in [1.82, 2.24) is 0 Å². The number of carbonyl (C=O) groups excluding carboxylic acids is 1. The number of anilines is 1. The van der Waals surface area contributed by atoms with Crippen LogP contribution in [0.3, 0.4) is 0 Å². The van der Waals surface area contributed by atoms with Gasteiger partial charge in [-0.05, 0) is 42.0 Å². The number of hydrogen-bond acceptors (Lipinski definition) is 4. The Kier molecular flexibility index (Phi) is 6.84. The molecule has 2 aromatic carbocycles. The van der Waals surface area contributed by atoms with Crippen molar-refractivity contribution in [3.8, 4) is 17.6 Å². The van der Waals surface area contributed by atoms with Crippen LogP contribution in [0.2, 0.25) is 5.02 Å². The van der Waals surface area contributed by atoms with Crippen LogP contribution in [-0.2, 0) is 4.79 Å². The van der Waals surface area contributed by atoms with Gasteiger partial charge in [-0.3, -0.25) is 4.79 Å². The molecule has 0 saturated carbocycles. The van der Waals surface area contributed by atoms with E-state index in [0.717, 1.165) is 0 Å². The van der Waals surface area contributed by atoms with Gasteiger partial charge in [0.1, 0.15) is 18.2 Å². The maximum absolute atomic E-state index is 12.3. The van der Waals surface area contributed by atoms with Crippen LogP contribution in [0.1, 0.15) is 5.56 Å². The van der Waals surface area contributed by atoms with Gasteiger partial charge in [0.15, 0.2) is 11.5 Å². The van der Waals surface area contributed by atoms with Gasteiger partial charge in [-0.25, -0.2) is 0 Å². The highest BCUT2D eigenvalue weighted by molar-refractivity contribution is 6.31. The molecule has 0 aliphatic carbocycles. The molecular formula is C20H17ClN2O3. The van der Waals surface area contributed by atoms with Gasteiger partial charge in [-0.2, -0.15) is 5.26 Å². The molecule has 6 heteroatoms. The molecule has 1 N–H and O–H groups in total. The second kappa shape index (κ2) is 9.30. The summed E-state index contributed by atoms with van der Waals surface area (Å²) in [7, 11) is 1.51. The topological polar surface area (TPSA) is 71.3 Å². The summed E-state index contributed by atoms with van der Waals surface area (Å²) < 4.78 is 10.8. The number of benzene rings is 2. The van der Waals surface area contributed by atoms with Crippen LogP contribution < -0.4 is 14.8 Å². The number of ether oxygens (including phenoxy) is 2. The lowest BCUT2D eigenvalue weighted by Crippen LogP contribution is -2.13. The smallest absolute Gasteiger partial charge is 0.266 e. The molecule has 5 nitrogen and oxygen atoms in total.